The molecule has 1 aliphatic heterocycles. The second-order valence-electron chi connectivity index (χ2n) is 8.29. The zero-order chi connectivity index (χ0) is 20.4. The lowest BCUT2D eigenvalue weighted by molar-refractivity contribution is -0.142. The number of carboxylic acid groups (broad SMARTS) is 1. The van der Waals surface area contributed by atoms with Crippen LogP contribution in [0.2, 0.25) is 0 Å². The quantitative estimate of drug-likeness (QED) is 0.562. The molecule has 1 amide bonds. The Morgan fingerprint density at radius 2 is 1.85 bits per heavy atom. The fourth-order valence-electron chi connectivity index (χ4n) is 3.32. The van der Waals surface area contributed by atoms with Gasteiger partial charge in [-0.3, -0.25) is 14.5 Å². The molecule has 2 N–H and O–H groups in total. The van der Waals surface area contributed by atoms with Crippen LogP contribution in [0.1, 0.15) is 72.6 Å². The average Bonchev–Trinajstić information content (AvgIpc) is 2.58. The van der Waals surface area contributed by atoms with Crippen molar-refractivity contribution in [1.82, 2.24) is 10.2 Å². The van der Waals surface area contributed by atoms with Gasteiger partial charge in [0.15, 0.2) is 5.78 Å². The van der Waals surface area contributed by atoms with Crippen molar-refractivity contribution in [1.29, 1.82) is 0 Å². The van der Waals surface area contributed by atoms with Crippen LogP contribution in [0.4, 0.5) is 4.79 Å². The van der Waals surface area contributed by atoms with Gasteiger partial charge in [-0.1, -0.05) is 39.0 Å². The topological polar surface area (TPSA) is 95.9 Å². The van der Waals surface area contributed by atoms with Crippen molar-refractivity contribution in [2.75, 3.05) is 19.6 Å². The van der Waals surface area contributed by atoms with Gasteiger partial charge in [-0.05, 0) is 27.2 Å². The second kappa shape index (κ2) is 11.3. The Bertz CT molecular complexity index is 501. The highest BCUT2D eigenvalue weighted by Gasteiger charge is 2.38. The number of rotatable bonds is 10. The minimum absolute atomic E-state index is 0.175. The normalized spacial score (nSPS) is 18.8. The first-order valence-electron chi connectivity index (χ1n) is 10.1. The van der Waals surface area contributed by atoms with Crippen LogP contribution in [-0.2, 0) is 14.3 Å². The molecule has 1 heterocycles. The van der Waals surface area contributed by atoms with Gasteiger partial charge in [0.2, 0.25) is 0 Å². The van der Waals surface area contributed by atoms with E-state index >= 15 is 0 Å². The van der Waals surface area contributed by atoms with Crippen molar-refractivity contribution in [2.45, 2.75) is 84.3 Å². The Morgan fingerprint density at radius 3 is 2.44 bits per heavy atom. The summed E-state index contributed by atoms with van der Waals surface area (Å²) in [4.78, 5) is 38.3. The molecule has 1 fully saturated rings. The number of ether oxygens (including phenoxy) is 1. The zero-order valence-electron chi connectivity index (χ0n) is 17.3. The third-order valence-electron chi connectivity index (χ3n) is 4.68. The molecule has 7 nitrogen and oxygen atoms in total. The van der Waals surface area contributed by atoms with Crippen molar-refractivity contribution < 1.29 is 24.2 Å². The number of carbonyl (C=O) groups is 3. The number of nitrogens with zero attached hydrogens (tertiary/aromatic N) is 1. The predicted molar refractivity (Wildman–Crippen MR) is 104 cm³/mol. The molecule has 0 radical (unpaired) electrons. The molecule has 0 saturated carbocycles. The number of nitrogens with one attached hydrogen (secondary N) is 1. The summed E-state index contributed by atoms with van der Waals surface area (Å²) in [6.07, 6.45) is 5.05. The fourth-order valence-corrected chi connectivity index (χ4v) is 3.32. The molecule has 1 rings (SSSR count). The molecule has 27 heavy (non-hydrogen) atoms. The number of ketones is 1. The molecule has 0 aromatic rings. The highest BCUT2D eigenvalue weighted by atomic mass is 16.6. The minimum atomic E-state index is -0.977. The van der Waals surface area contributed by atoms with Crippen molar-refractivity contribution in [3.05, 3.63) is 0 Å². The molecule has 0 aromatic heterocycles. The van der Waals surface area contributed by atoms with E-state index in [0.717, 1.165) is 32.1 Å². The Labute approximate surface area is 162 Å². The van der Waals surface area contributed by atoms with Crippen LogP contribution in [0.3, 0.4) is 0 Å². The summed E-state index contributed by atoms with van der Waals surface area (Å²) in [6, 6.07) is -0.673. The molecule has 2 atom stereocenters. The van der Waals surface area contributed by atoms with Crippen LogP contribution < -0.4 is 5.32 Å². The van der Waals surface area contributed by atoms with Gasteiger partial charge in [0.1, 0.15) is 11.6 Å². The number of Topliss-reactive ketones (excluding diaryl/α,β-unsaturated/α-hetero) is 1. The largest absolute Gasteiger partial charge is 0.481 e. The van der Waals surface area contributed by atoms with Gasteiger partial charge in [0.05, 0.1) is 6.42 Å². The Morgan fingerprint density at radius 1 is 1.19 bits per heavy atom. The van der Waals surface area contributed by atoms with Crippen molar-refractivity contribution in [3.8, 4) is 0 Å². The van der Waals surface area contributed by atoms with Crippen LogP contribution in [0.15, 0.2) is 0 Å². The number of hydrogen-bond donors (Lipinski definition) is 2. The van der Waals surface area contributed by atoms with Crippen molar-refractivity contribution in [3.63, 3.8) is 0 Å². The number of piperazine rings is 1. The Kier molecular flexibility index (Phi) is 9.77. The third-order valence-corrected chi connectivity index (χ3v) is 4.68. The Balaban J connectivity index is 2.79. The van der Waals surface area contributed by atoms with E-state index in [0.29, 0.717) is 26.1 Å². The summed E-state index contributed by atoms with van der Waals surface area (Å²) in [5.41, 5.74) is -0.644. The van der Waals surface area contributed by atoms with Gasteiger partial charge in [0.25, 0.3) is 0 Å². The van der Waals surface area contributed by atoms with Gasteiger partial charge in [-0.2, -0.15) is 0 Å². The Hall–Kier alpha value is -1.63. The molecule has 0 spiro atoms. The van der Waals surface area contributed by atoms with Gasteiger partial charge in [0, 0.05) is 25.6 Å². The minimum Gasteiger partial charge on any atom is -0.481 e. The third kappa shape index (κ3) is 8.73. The standard InChI is InChI=1S/C20H36N2O5/c1-5-6-7-8-9-10-15(13-17(23)24)18(25)16-14-21-11-12-22(16)19(26)27-20(2,3)4/h15-16,21H,5-14H2,1-4H3,(H,23,24)/t15-,16+/m1/s1. The van der Waals surface area contributed by atoms with Crippen LogP contribution >= 0.6 is 0 Å². The first-order valence-corrected chi connectivity index (χ1v) is 10.1. The maximum Gasteiger partial charge on any atom is 0.410 e. The highest BCUT2D eigenvalue weighted by molar-refractivity contribution is 5.91. The number of unbranched alkanes of at least 4 members (excludes halogenated alkanes) is 4. The lowest BCUT2D eigenvalue weighted by atomic mass is 9.88. The van der Waals surface area contributed by atoms with E-state index in [9.17, 15) is 19.5 Å². The molecule has 0 aliphatic carbocycles. The SMILES string of the molecule is CCCCCCC[C@H](CC(=O)O)C(=O)[C@@H]1CNCCN1C(=O)OC(C)(C)C. The summed E-state index contributed by atoms with van der Waals surface area (Å²) in [5.74, 6) is -1.72. The van der Waals surface area contributed by atoms with Gasteiger partial charge >= 0.3 is 12.1 Å². The molecule has 1 aliphatic rings. The summed E-state index contributed by atoms with van der Waals surface area (Å²) in [6.45, 7) is 8.79. The summed E-state index contributed by atoms with van der Waals surface area (Å²) >= 11 is 0. The molecule has 156 valence electrons. The van der Waals surface area contributed by atoms with Crippen LogP contribution in [0.25, 0.3) is 0 Å². The van der Waals surface area contributed by atoms with Gasteiger partial charge < -0.3 is 15.2 Å². The fraction of sp³-hybridized carbons (Fsp3) is 0.850. The van der Waals surface area contributed by atoms with Gasteiger partial charge in [-0.15, -0.1) is 0 Å². The lowest BCUT2D eigenvalue weighted by Crippen LogP contribution is -2.59. The van der Waals surface area contributed by atoms with E-state index in [-0.39, 0.29) is 12.2 Å². The molecular weight excluding hydrogens is 348 g/mol. The predicted octanol–water partition coefficient (Wildman–Crippen LogP) is 3.22. The summed E-state index contributed by atoms with van der Waals surface area (Å²) in [7, 11) is 0. The average molecular weight is 385 g/mol. The maximum atomic E-state index is 13.1. The van der Waals surface area contributed by atoms with Crippen molar-refractivity contribution in [2.24, 2.45) is 5.92 Å². The van der Waals surface area contributed by atoms with E-state index < -0.39 is 29.6 Å². The number of carboxylic acids is 1. The first-order chi connectivity index (χ1) is 12.7. The monoisotopic (exact) mass is 384 g/mol. The molecule has 0 aromatic carbocycles. The number of hydrogen-bond acceptors (Lipinski definition) is 5. The summed E-state index contributed by atoms with van der Waals surface area (Å²) < 4.78 is 5.43. The number of carbonyl (C=O) groups excluding carboxylic acids is 2. The van der Waals surface area contributed by atoms with Crippen LogP contribution in [0, 0.1) is 5.92 Å². The smallest absolute Gasteiger partial charge is 0.410 e. The summed E-state index contributed by atoms with van der Waals surface area (Å²) in [5, 5.41) is 12.4. The maximum absolute atomic E-state index is 13.1. The molecule has 0 bridgehead atoms. The van der Waals surface area contributed by atoms with Crippen molar-refractivity contribution >= 4 is 17.8 Å². The molecule has 1 saturated heterocycles. The molecule has 7 heteroatoms. The van der Waals surface area contributed by atoms with E-state index in [1.807, 2.05) is 0 Å². The highest BCUT2D eigenvalue weighted by Crippen LogP contribution is 2.22. The lowest BCUT2D eigenvalue weighted by Gasteiger charge is -2.37. The molecule has 0 unspecified atom stereocenters. The first kappa shape index (κ1) is 23.4. The number of aliphatic carboxylic acids is 1. The van der Waals surface area contributed by atoms with Crippen LogP contribution in [0.5, 0.6) is 0 Å². The van der Waals surface area contributed by atoms with Crippen LogP contribution in [-0.4, -0.2) is 59.1 Å². The van der Waals surface area contributed by atoms with Gasteiger partial charge in [-0.25, -0.2) is 4.79 Å². The second-order valence-corrected chi connectivity index (χ2v) is 8.29. The van der Waals surface area contributed by atoms with E-state index in [1.54, 1.807) is 20.8 Å². The number of amides is 1. The van der Waals surface area contributed by atoms with E-state index in [4.69, 9.17) is 4.74 Å². The zero-order valence-corrected chi connectivity index (χ0v) is 17.3. The molecular formula is C20H36N2O5. The van der Waals surface area contributed by atoms with E-state index in [2.05, 4.69) is 12.2 Å². The van der Waals surface area contributed by atoms with E-state index in [1.165, 1.54) is 4.90 Å².